The minimum atomic E-state index is -1.32. The van der Waals surface area contributed by atoms with E-state index in [-0.39, 0.29) is 50.4 Å². The molecule has 0 aliphatic carbocycles. The van der Waals surface area contributed by atoms with Gasteiger partial charge in [-0.05, 0) is 113 Å². The molecular formula is C55H65BrClN3O12. The Morgan fingerprint density at radius 1 is 0.819 bits per heavy atom. The van der Waals surface area contributed by atoms with Crippen molar-refractivity contribution in [1.29, 1.82) is 0 Å². The first-order valence-electron chi connectivity index (χ1n) is 23.9. The van der Waals surface area contributed by atoms with Crippen LogP contribution in [0.2, 0.25) is 5.02 Å². The Bertz CT molecular complexity index is 2590. The molecule has 1 aliphatic heterocycles. The number of carbonyl (C=O) groups is 7. The number of alkyl halides is 1. The molecule has 386 valence electrons. The van der Waals surface area contributed by atoms with Crippen LogP contribution < -0.4 is 20.1 Å². The summed E-state index contributed by atoms with van der Waals surface area (Å²) in [6, 6.07) is 21.7. The van der Waals surface area contributed by atoms with Gasteiger partial charge in [-0.3, -0.25) is 19.2 Å². The van der Waals surface area contributed by atoms with E-state index in [0.717, 1.165) is 11.1 Å². The Morgan fingerprint density at radius 3 is 2.07 bits per heavy atom. The number of hydrogen-bond donors (Lipinski definition) is 2. The molecule has 4 aromatic carbocycles. The number of benzene rings is 4. The van der Waals surface area contributed by atoms with E-state index in [9.17, 15) is 28.8 Å². The van der Waals surface area contributed by atoms with E-state index in [0.29, 0.717) is 56.8 Å². The van der Waals surface area contributed by atoms with Crippen LogP contribution in [0, 0.1) is 11.8 Å². The second-order valence-corrected chi connectivity index (χ2v) is 21.0. The zero-order chi connectivity index (χ0) is 52.9. The molecule has 15 nitrogen and oxygen atoms in total. The van der Waals surface area contributed by atoms with Crippen molar-refractivity contribution in [3.8, 4) is 33.8 Å². The van der Waals surface area contributed by atoms with Gasteiger partial charge in [-0.25, -0.2) is 14.4 Å². The summed E-state index contributed by atoms with van der Waals surface area (Å²) in [4.78, 5) is 98.2. The highest BCUT2D eigenvalue weighted by Crippen LogP contribution is 2.41. The fourth-order valence-corrected chi connectivity index (χ4v) is 8.45. The van der Waals surface area contributed by atoms with E-state index in [1.165, 1.54) is 25.1 Å². The topological polar surface area (TPSA) is 193 Å². The highest BCUT2D eigenvalue weighted by Gasteiger charge is 2.37. The molecular weight excluding hydrogens is 1010 g/mol. The smallest absolute Gasteiger partial charge is 0.492 e. The van der Waals surface area contributed by atoms with Gasteiger partial charge in [0.25, 0.3) is 0 Å². The molecule has 0 spiro atoms. The quantitative estimate of drug-likeness (QED) is 0.0270. The van der Waals surface area contributed by atoms with E-state index < -0.39 is 70.9 Å². The maximum atomic E-state index is 15.1. The number of alkyl carbamates (subject to hydrolysis) is 1. The third kappa shape index (κ3) is 16.4. The average molecular weight is 1080 g/mol. The number of rotatable bonds is 16. The number of hydrogen-bond acceptors (Lipinski definition) is 12. The predicted molar refractivity (Wildman–Crippen MR) is 277 cm³/mol. The highest BCUT2D eigenvalue weighted by atomic mass is 79.9. The number of halogens is 2. The number of nitrogens with zero attached hydrogens (tertiary/aromatic N) is 1. The third-order valence-electron chi connectivity index (χ3n) is 11.6. The molecule has 17 heteroatoms. The van der Waals surface area contributed by atoms with Gasteiger partial charge in [0.15, 0.2) is 11.6 Å². The van der Waals surface area contributed by atoms with Crippen molar-refractivity contribution in [3.63, 3.8) is 0 Å². The number of Topliss-reactive ketones (excluding diaryl/α,β-unsaturated/α-hetero) is 2. The van der Waals surface area contributed by atoms with Crippen molar-refractivity contribution < 1.29 is 57.2 Å². The molecule has 2 N–H and O–H groups in total. The summed E-state index contributed by atoms with van der Waals surface area (Å²) in [5, 5.41) is 6.54. The Kier molecular flexibility index (Phi) is 20.0. The fraction of sp³-hybridized carbons (Fsp3) is 0.436. The second-order valence-electron chi connectivity index (χ2n) is 19.7. The first kappa shape index (κ1) is 56.7. The summed E-state index contributed by atoms with van der Waals surface area (Å²) in [5.41, 5.74) is 2.14. The molecule has 72 heavy (non-hydrogen) atoms. The van der Waals surface area contributed by atoms with Crippen LogP contribution in [-0.4, -0.2) is 96.4 Å². The van der Waals surface area contributed by atoms with Gasteiger partial charge < -0.3 is 39.2 Å². The lowest BCUT2D eigenvalue weighted by molar-refractivity contribution is -0.146. The van der Waals surface area contributed by atoms with E-state index in [1.807, 2.05) is 24.3 Å². The number of likely N-dealkylation sites (N-methyl/N-ethyl adjacent to an activating group) is 1. The van der Waals surface area contributed by atoms with Gasteiger partial charge in [0, 0.05) is 71.7 Å². The van der Waals surface area contributed by atoms with Crippen LogP contribution in [0.15, 0.2) is 84.9 Å². The minimum Gasteiger partial charge on any atom is -0.492 e. The van der Waals surface area contributed by atoms with Crippen LogP contribution in [0.25, 0.3) is 22.3 Å². The van der Waals surface area contributed by atoms with Gasteiger partial charge in [0.05, 0.1) is 13.7 Å². The summed E-state index contributed by atoms with van der Waals surface area (Å²) in [6.07, 6.45) is -1.08. The fourth-order valence-electron chi connectivity index (χ4n) is 8.16. The molecule has 4 aromatic rings. The molecule has 0 unspecified atom stereocenters. The van der Waals surface area contributed by atoms with Gasteiger partial charge in [-0.15, -0.1) is 0 Å². The number of ether oxygens (including phenoxy) is 5. The lowest BCUT2D eigenvalue weighted by Crippen LogP contribution is -2.46. The van der Waals surface area contributed by atoms with Crippen molar-refractivity contribution >= 4 is 69.1 Å². The van der Waals surface area contributed by atoms with Crippen molar-refractivity contribution in [2.24, 2.45) is 11.8 Å². The van der Waals surface area contributed by atoms with Gasteiger partial charge >= 0.3 is 18.2 Å². The second kappa shape index (κ2) is 25.4. The molecule has 0 saturated heterocycles. The summed E-state index contributed by atoms with van der Waals surface area (Å²) in [5.74, 6) is -4.15. The number of nitrogens with one attached hydrogen (secondary N) is 2. The normalized spacial score (nSPS) is 16.5. The number of esters is 1. The largest absolute Gasteiger partial charge is 0.514 e. The highest BCUT2D eigenvalue weighted by molar-refractivity contribution is 9.09. The minimum absolute atomic E-state index is 0.0282. The van der Waals surface area contributed by atoms with Crippen molar-refractivity contribution in [2.75, 3.05) is 32.6 Å². The van der Waals surface area contributed by atoms with E-state index >= 15 is 4.79 Å². The molecule has 4 bridgehead atoms. The number of fused-ring (bicyclic) bond motifs is 5. The number of ketones is 2. The molecule has 4 atom stereocenters. The maximum Gasteiger partial charge on any atom is 0.514 e. The molecule has 0 saturated carbocycles. The number of amides is 3. The summed E-state index contributed by atoms with van der Waals surface area (Å²) in [6.45, 7) is 12.4. The number of methoxy groups -OCH3 is 1. The summed E-state index contributed by atoms with van der Waals surface area (Å²) in [7, 11) is 2.69. The molecule has 5 rings (SSSR count). The molecule has 1 aliphatic rings. The van der Waals surface area contributed by atoms with Gasteiger partial charge in [0.1, 0.15) is 34.8 Å². The lowest BCUT2D eigenvalue weighted by Gasteiger charge is -2.32. The average Bonchev–Trinajstić information content (AvgIpc) is 3.31. The van der Waals surface area contributed by atoms with Gasteiger partial charge in [0.2, 0.25) is 11.8 Å². The van der Waals surface area contributed by atoms with E-state index in [1.54, 1.807) is 103 Å². The number of unbranched alkanes of at least 4 members (excludes halogenated alkanes) is 1. The Labute approximate surface area is 435 Å². The van der Waals surface area contributed by atoms with Crippen LogP contribution >= 0.6 is 27.5 Å². The van der Waals surface area contributed by atoms with Crippen LogP contribution in [0.3, 0.4) is 0 Å². The Hall–Kier alpha value is -6.26. The Morgan fingerprint density at radius 2 is 1.44 bits per heavy atom. The maximum absolute atomic E-state index is 15.1. The predicted octanol–water partition coefficient (Wildman–Crippen LogP) is 10.7. The summed E-state index contributed by atoms with van der Waals surface area (Å²) < 4.78 is 28.0. The third-order valence-corrected chi connectivity index (χ3v) is 12.2. The van der Waals surface area contributed by atoms with E-state index in [4.69, 9.17) is 35.3 Å². The molecule has 0 aromatic heterocycles. The summed E-state index contributed by atoms with van der Waals surface area (Å²) >= 11 is 9.53. The number of carbonyl (C=O) groups excluding carboxylic acids is 7. The molecule has 1 heterocycles. The molecule has 0 fully saturated rings. The van der Waals surface area contributed by atoms with Crippen molar-refractivity contribution in [2.45, 2.75) is 110 Å². The van der Waals surface area contributed by atoms with Crippen LogP contribution in [-0.2, 0) is 39.8 Å². The van der Waals surface area contributed by atoms with E-state index in [2.05, 4.69) is 26.6 Å². The molecule has 0 radical (unpaired) electrons. The lowest BCUT2D eigenvalue weighted by atomic mass is 9.88. The Balaban J connectivity index is 1.59. The SMILES string of the molecule is COC(=O)[C@@H]1Cc2ccc(OC(=O)OC(C)(C)C)c(c2)-c2cc(ccc2OCCBr)[C@H](N(C)C(=O)[C@H](CCCCNC(=O)OC(C)(C)C)CC(=O)c2ccc(-c3ccc(Cl)cc3)cc2)C(=O)C[C@@H](C)C(=O)N1. The van der Waals surface area contributed by atoms with Crippen molar-refractivity contribution in [3.05, 3.63) is 107 Å². The zero-order valence-corrected chi connectivity index (χ0v) is 44.7. The monoisotopic (exact) mass is 1070 g/mol. The zero-order valence-electron chi connectivity index (χ0n) is 42.4. The molecule has 3 amide bonds. The van der Waals surface area contributed by atoms with Gasteiger partial charge in [-0.1, -0.05) is 89.4 Å². The first-order valence-corrected chi connectivity index (χ1v) is 25.4. The first-order chi connectivity index (χ1) is 34.0. The van der Waals surface area contributed by atoms with Gasteiger partial charge in [-0.2, -0.15) is 0 Å². The van der Waals surface area contributed by atoms with Crippen LogP contribution in [0.4, 0.5) is 9.59 Å². The van der Waals surface area contributed by atoms with Crippen LogP contribution in [0.1, 0.15) is 108 Å². The standard InChI is InChI=1S/C55H65BrClN3O12/c1-33-28-45(62)48(60(8)50(64)39(12-10-11-26-58-52(66)71-54(2,3)4)32-44(61)37-16-14-35(15-17-37)36-18-21-40(57)22-19-36)38-20-24-46(69-27-25-56)42(31-38)41-29-34(30-43(51(65)68-9)59-49(33)63)13-23-47(41)70-53(67)72-55(5,6)7/h13-24,29,31,33,39,43,48H,10-12,25-28,30,32H2,1-9H3,(H,58,66)(H,59,63)/t33-,39-,43+,48+/m1/s1. The van der Waals surface area contributed by atoms with Crippen LogP contribution in [0.5, 0.6) is 11.5 Å². The van der Waals surface area contributed by atoms with Crippen molar-refractivity contribution in [1.82, 2.24) is 15.5 Å².